The third-order valence-corrected chi connectivity index (χ3v) is 4.48. The molecule has 0 fully saturated rings. The van der Waals surface area contributed by atoms with Crippen molar-refractivity contribution in [1.82, 2.24) is 0 Å². The Morgan fingerprint density at radius 1 is 1.24 bits per heavy atom. The Hall–Kier alpha value is -0.340. The lowest BCUT2D eigenvalue weighted by Crippen LogP contribution is -2.05. The molecule has 0 aliphatic rings. The quantitative estimate of drug-likeness (QED) is 0.701. The summed E-state index contributed by atoms with van der Waals surface area (Å²) in [6.07, 6.45) is 6.38. The molecule has 0 bridgehead atoms. The Balaban J connectivity index is 2.75. The van der Waals surface area contributed by atoms with Crippen LogP contribution in [-0.4, -0.2) is 6.54 Å². The van der Waals surface area contributed by atoms with E-state index in [1.165, 1.54) is 25.7 Å². The molecule has 2 heteroatoms. The van der Waals surface area contributed by atoms with E-state index in [9.17, 15) is 0 Å². The van der Waals surface area contributed by atoms with Crippen molar-refractivity contribution in [3.05, 3.63) is 21.9 Å². The van der Waals surface area contributed by atoms with Crippen molar-refractivity contribution in [1.29, 1.82) is 0 Å². The molecule has 1 rings (SSSR count). The number of rotatable bonds is 8. The summed E-state index contributed by atoms with van der Waals surface area (Å²) in [6, 6.07) is 2.31. The summed E-state index contributed by atoms with van der Waals surface area (Å²) in [5.74, 6) is 1.40. The Labute approximate surface area is 110 Å². The van der Waals surface area contributed by atoms with E-state index in [0.29, 0.717) is 5.92 Å². The summed E-state index contributed by atoms with van der Waals surface area (Å²) in [5.41, 5.74) is 7.22. The first-order chi connectivity index (χ1) is 8.20. The molecule has 0 radical (unpaired) electrons. The molecule has 1 nitrogen and oxygen atoms in total. The smallest absolute Gasteiger partial charge is 0.0111 e. The fourth-order valence-electron chi connectivity index (χ4n) is 2.36. The van der Waals surface area contributed by atoms with Crippen molar-refractivity contribution in [2.24, 2.45) is 5.73 Å². The van der Waals surface area contributed by atoms with E-state index >= 15 is 0 Å². The molecular weight excluding hydrogens is 226 g/mol. The Bertz CT molecular complexity index is 296. The topological polar surface area (TPSA) is 26.0 Å². The highest BCUT2D eigenvalue weighted by Gasteiger charge is 2.17. The minimum Gasteiger partial charge on any atom is -0.330 e. The first kappa shape index (κ1) is 14.7. The Morgan fingerprint density at radius 2 is 1.94 bits per heavy atom. The fourth-order valence-corrected chi connectivity index (χ4v) is 3.59. The van der Waals surface area contributed by atoms with Gasteiger partial charge in [0.25, 0.3) is 0 Å². The minimum absolute atomic E-state index is 0.651. The van der Waals surface area contributed by atoms with Crippen LogP contribution in [0.4, 0.5) is 0 Å². The number of nitrogens with two attached hydrogens (primary N) is 1. The molecule has 1 aromatic heterocycles. The zero-order chi connectivity index (χ0) is 12.7. The van der Waals surface area contributed by atoms with Gasteiger partial charge in [0.05, 0.1) is 0 Å². The normalized spacial score (nSPS) is 13.2. The second-order valence-electron chi connectivity index (χ2n) is 5.16. The maximum Gasteiger partial charge on any atom is 0.0111 e. The highest BCUT2D eigenvalue weighted by Crippen LogP contribution is 2.36. The van der Waals surface area contributed by atoms with Crippen molar-refractivity contribution in [2.45, 2.75) is 64.7 Å². The van der Waals surface area contributed by atoms with E-state index in [4.69, 9.17) is 5.73 Å². The third kappa shape index (κ3) is 4.44. The van der Waals surface area contributed by atoms with Gasteiger partial charge in [-0.3, -0.25) is 0 Å². The zero-order valence-electron chi connectivity index (χ0n) is 11.5. The van der Waals surface area contributed by atoms with Crippen LogP contribution in [-0.2, 0) is 0 Å². The van der Waals surface area contributed by atoms with Crippen LogP contribution >= 0.6 is 11.3 Å². The second kappa shape index (κ2) is 7.88. The van der Waals surface area contributed by atoms with Crippen LogP contribution in [0.2, 0.25) is 0 Å². The van der Waals surface area contributed by atoms with Crippen molar-refractivity contribution < 1.29 is 0 Å². The molecule has 1 aromatic rings. The van der Waals surface area contributed by atoms with Crippen molar-refractivity contribution in [3.63, 3.8) is 0 Å². The molecule has 1 unspecified atom stereocenters. The average molecular weight is 253 g/mol. The van der Waals surface area contributed by atoms with Gasteiger partial charge in [0.2, 0.25) is 0 Å². The summed E-state index contributed by atoms with van der Waals surface area (Å²) in [5, 5.41) is 2.26. The van der Waals surface area contributed by atoms with Crippen LogP contribution < -0.4 is 5.73 Å². The lowest BCUT2D eigenvalue weighted by atomic mass is 9.90. The predicted molar refractivity (Wildman–Crippen MR) is 79.0 cm³/mol. The molecule has 1 heterocycles. The largest absolute Gasteiger partial charge is 0.330 e. The molecule has 98 valence electrons. The molecule has 17 heavy (non-hydrogen) atoms. The lowest BCUT2D eigenvalue weighted by molar-refractivity contribution is 0.534. The third-order valence-electron chi connectivity index (χ3n) is 3.38. The molecule has 0 aliphatic carbocycles. The molecule has 0 amide bonds. The second-order valence-corrected chi connectivity index (χ2v) is 6.11. The number of hydrogen-bond donors (Lipinski definition) is 1. The molecule has 1 atom stereocenters. The summed E-state index contributed by atoms with van der Waals surface area (Å²) >= 11 is 1.95. The van der Waals surface area contributed by atoms with E-state index in [2.05, 4.69) is 32.2 Å². The number of thiophene rings is 1. The number of unbranched alkanes of at least 4 members (excludes halogenated alkanes) is 1. The monoisotopic (exact) mass is 253 g/mol. The fraction of sp³-hybridized carbons (Fsp3) is 0.733. The van der Waals surface area contributed by atoms with Crippen LogP contribution in [0.15, 0.2) is 11.4 Å². The Kier molecular flexibility index (Phi) is 6.83. The van der Waals surface area contributed by atoms with Crippen LogP contribution in [0, 0.1) is 0 Å². The average Bonchev–Trinajstić information content (AvgIpc) is 2.78. The molecular formula is C15H27NS. The van der Waals surface area contributed by atoms with Gasteiger partial charge in [-0.25, -0.2) is 0 Å². The maximum atomic E-state index is 5.66. The summed E-state index contributed by atoms with van der Waals surface area (Å²) in [4.78, 5) is 1.63. The van der Waals surface area contributed by atoms with Gasteiger partial charge in [0.1, 0.15) is 0 Å². The highest BCUT2D eigenvalue weighted by molar-refractivity contribution is 7.10. The predicted octanol–water partition coefficient (Wildman–Crippen LogP) is 4.88. The van der Waals surface area contributed by atoms with Gasteiger partial charge in [0, 0.05) is 4.88 Å². The van der Waals surface area contributed by atoms with Gasteiger partial charge < -0.3 is 5.73 Å². The minimum atomic E-state index is 0.651. The number of hydrogen-bond acceptors (Lipinski definition) is 2. The molecule has 0 aromatic carbocycles. The van der Waals surface area contributed by atoms with E-state index < -0.39 is 0 Å². The SMILES string of the molecule is CCCCC(CCCN)c1sccc1C(C)C. The maximum absolute atomic E-state index is 5.66. The zero-order valence-corrected chi connectivity index (χ0v) is 12.4. The highest BCUT2D eigenvalue weighted by atomic mass is 32.1. The molecule has 0 spiro atoms. The van der Waals surface area contributed by atoms with E-state index in [0.717, 1.165) is 18.9 Å². The van der Waals surface area contributed by atoms with Crippen LogP contribution in [0.25, 0.3) is 0 Å². The lowest BCUT2D eigenvalue weighted by Gasteiger charge is -2.18. The summed E-state index contributed by atoms with van der Waals surface area (Å²) < 4.78 is 0. The molecule has 0 saturated heterocycles. The van der Waals surface area contributed by atoms with E-state index in [1.54, 1.807) is 10.4 Å². The van der Waals surface area contributed by atoms with Crippen molar-refractivity contribution in [2.75, 3.05) is 6.54 Å². The van der Waals surface area contributed by atoms with Crippen molar-refractivity contribution in [3.8, 4) is 0 Å². The van der Waals surface area contributed by atoms with Gasteiger partial charge in [-0.05, 0) is 54.7 Å². The first-order valence-electron chi connectivity index (χ1n) is 6.98. The molecule has 2 N–H and O–H groups in total. The van der Waals surface area contributed by atoms with Gasteiger partial charge in [-0.1, -0.05) is 33.6 Å². The van der Waals surface area contributed by atoms with Gasteiger partial charge in [0.15, 0.2) is 0 Å². The first-order valence-corrected chi connectivity index (χ1v) is 7.86. The Morgan fingerprint density at radius 3 is 2.53 bits per heavy atom. The molecule has 0 aliphatic heterocycles. The van der Waals surface area contributed by atoms with Crippen LogP contribution in [0.5, 0.6) is 0 Å². The van der Waals surface area contributed by atoms with E-state index in [1.807, 2.05) is 11.3 Å². The van der Waals surface area contributed by atoms with Gasteiger partial charge >= 0.3 is 0 Å². The van der Waals surface area contributed by atoms with Crippen LogP contribution in [0.3, 0.4) is 0 Å². The van der Waals surface area contributed by atoms with Gasteiger partial charge in [-0.15, -0.1) is 11.3 Å². The van der Waals surface area contributed by atoms with Crippen LogP contribution in [0.1, 0.15) is 75.2 Å². The summed E-state index contributed by atoms with van der Waals surface area (Å²) in [6.45, 7) is 7.69. The van der Waals surface area contributed by atoms with Gasteiger partial charge in [-0.2, -0.15) is 0 Å². The summed E-state index contributed by atoms with van der Waals surface area (Å²) in [7, 11) is 0. The van der Waals surface area contributed by atoms with E-state index in [-0.39, 0.29) is 0 Å². The molecule has 0 saturated carbocycles. The standard InChI is InChI=1S/C15H27NS/c1-4-5-7-13(8-6-10-16)15-14(12(2)3)9-11-17-15/h9,11-13H,4-8,10,16H2,1-3H3. The van der Waals surface area contributed by atoms with Crippen molar-refractivity contribution >= 4 is 11.3 Å².